The van der Waals surface area contributed by atoms with E-state index in [0.717, 1.165) is 11.6 Å². The molecule has 0 spiro atoms. The van der Waals surface area contributed by atoms with Crippen LogP contribution in [0.2, 0.25) is 0 Å². The molecule has 5 rings (SSSR count). The van der Waals surface area contributed by atoms with E-state index in [-0.39, 0.29) is 6.79 Å². The highest BCUT2D eigenvalue weighted by molar-refractivity contribution is 6.04. The van der Waals surface area contributed by atoms with Gasteiger partial charge in [0.2, 0.25) is 0 Å². The van der Waals surface area contributed by atoms with Gasteiger partial charge >= 0.3 is 6.09 Å². The van der Waals surface area contributed by atoms with Crippen molar-refractivity contribution in [2.45, 2.75) is 26.4 Å². The van der Waals surface area contributed by atoms with Gasteiger partial charge < -0.3 is 14.2 Å². The van der Waals surface area contributed by atoms with Gasteiger partial charge in [0.25, 0.3) is 0 Å². The Bertz CT molecular complexity index is 1870. The van der Waals surface area contributed by atoms with E-state index in [2.05, 4.69) is 16.4 Å². The van der Waals surface area contributed by atoms with Crippen LogP contribution in [0.3, 0.4) is 0 Å². The number of ether oxygens (including phenoxy) is 3. The number of amides is 1. The van der Waals surface area contributed by atoms with Crippen LogP contribution in [-0.2, 0) is 9.47 Å². The van der Waals surface area contributed by atoms with E-state index in [4.69, 9.17) is 14.2 Å². The van der Waals surface area contributed by atoms with Crippen LogP contribution in [0.4, 0.5) is 19.3 Å². The summed E-state index contributed by atoms with van der Waals surface area (Å²) in [5.41, 5.74) is 4.41. The molecule has 4 aromatic carbocycles. The third-order valence-corrected chi connectivity index (χ3v) is 6.63. The average Bonchev–Trinajstić information content (AvgIpc) is 2.98. The molecule has 0 aliphatic heterocycles. The molecule has 0 aliphatic carbocycles. The molecule has 1 aromatic heterocycles. The average molecular weight is 594 g/mol. The van der Waals surface area contributed by atoms with Gasteiger partial charge in [-0.3, -0.25) is 10.3 Å². The Morgan fingerprint density at radius 3 is 2.27 bits per heavy atom. The predicted molar refractivity (Wildman–Crippen MR) is 165 cm³/mol. The van der Waals surface area contributed by atoms with Crippen LogP contribution in [0, 0.1) is 23.0 Å². The third-order valence-electron chi connectivity index (χ3n) is 6.63. The number of nitriles is 1. The minimum Gasteiger partial charge on any atom is -0.466 e. The Labute approximate surface area is 253 Å². The number of carbonyl (C=O) groups is 1. The zero-order chi connectivity index (χ0) is 31.4. The number of halogens is 2. The summed E-state index contributed by atoms with van der Waals surface area (Å²) in [6.07, 6.45) is 0.994. The number of anilines is 1. The second kappa shape index (κ2) is 12.5. The summed E-state index contributed by atoms with van der Waals surface area (Å²) < 4.78 is 45.0. The number of benzene rings is 4. The standard InChI is InChI=1S/C35H29F2N3O4/c1-35(2,3)44-34(41)40-27-11-8-21(9-12-27)32-29-16-22(28-7-5-6-23(18-38)33(28)43-20-42-4)10-13-31(29)39-19-30(32)24-14-25(36)17-26(37)15-24/h5-17,19H,20H2,1-4H3,(H,40,41). The van der Waals surface area contributed by atoms with Gasteiger partial charge in [0.05, 0.1) is 11.1 Å². The van der Waals surface area contributed by atoms with Crippen molar-refractivity contribution < 1.29 is 27.8 Å². The number of para-hydroxylation sites is 1. The van der Waals surface area contributed by atoms with E-state index >= 15 is 0 Å². The molecular formula is C35H29F2N3O4. The number of methoxy groups -OCH3 is 1. The number of rotatable bonds is 7. The highest BCUT2D eigenvalue weighted by atomic mass is 19.1. The zero-order valence-electron chi connectivity index (χ0n) is 24.6. The van der Waals surface area contributed by atoms with Crippen molar-refractivity contribution in [1.29, 1.82) is 5.26 Å². The van der Waals surface area contributed by atoms with E-state index in [1.54, 1.807) is 63.4 Å². The molecule has 1 N–H and O–H groups in total. The van der Waals surface area contributed by atoms with Crippen molar-refractivity contribution in [1.82, 2.24) is 4.98 Å². The molecule has 0 unspecified atom stereocenters. The van der Waals surface area contributed by atoms with Gasteiger partial charge in [-0.15, -0.1) is 0 Å². The normalized spacial score (nSPS) is 11.2. The summed E-state index contributed by atoms with van der Waals surface area (Å²) in [5, 5.41) is 13.1. The van der Waals surface area contributed by atoms with E-state index < -0.39 is 23.3 Å². The zero-order valence-corrected chi connectivity index (χ0v) is 24.6. The number of aromatic nitrogens is 1. The highest BCUT2D eigenvalue weighted by Crippen LogP contribution is 2.41. The number of carbonyl (C=O) groups excluding carboxylic acids is 1. The molecule has 0 atom stereocenters. The van der Waals surface area contributed by atoms with E-state index in [0.29, 0.717) is 55.7 Å². The molecule has 0 bridgehead atoms. The monoisotopic (exact) mass is 593 g/mol. The molecule has 0 fully saturated rings. The molecular weight excluding hydrogens is 564 g/mol. The lowest BCUT2D eigenvalue weighted by Gasteiger charge is -2.20. The lowest BCUT2D eigenvalue weighted by Crippen LogP contribution is -2.27. The minimum absolute atomic E-state index is 0.0506. The Morgan fingerprint density at radius 2 is 1.61 bits per heavy atom. The lowest BCUT2D eigenvalue weighted by atomic mass is 9.90. The first-order chi connectivity index (χ1) is 21.1. The summed E-state index contributed by atoms with van der Waals surface area (Å²) in [6.45, 7) is 5.28. The summed E-state index contributed by atoms with van der Waals surface area (Å²) >= 11 is 0. The maximum atomic E-state index is 14.4. The first kappa shape index (κ1) is 30.1. The van der Waals surface area contributed by atoms with Gasteiger partial charge in [-0.05, 0) is 79.9 Å². The molecule has 44 heavy (non-hydrogen) atoms. The van der Waals surface area contributed by atoms with Crippen LogP contribution in [0.15, 0.2) is 85.1 Å². The highest BCUT2D eigenvalue weighted by Gasteiger charge is 2.19. The molecule has 0 radical (unpaired) electrons. The molecule has 5 aromatic rings. The van der Waals surface area contributed by atoms with Crippen molar-refractivity contribution in [3.05, 3.63) is 102 Å². The summed E-state index contributed by atoms with van der Waals surface area (Å²) in [4.78, 5) is 16.9. The Kier molecular flexibility index (Phi) is 8.56. The van der Waals surface area contributed by atoms with E-state index in [9.17, 15) is 18.8 Å². The van der Waals surface area contributed by atoms with E-state index in [1.807, 2.05) is 24.3 Å². The number of pyridine rings is 1. The van der Waals surface area contributed by atoms with Crippen LogP contribution in [0.1, 0.15) is 26.3 Å². The first-order valence-electron chi connectivity index (χ1n) is 13.7. The van der Waals surface area contributed by atoms with Crippen LogP contribution >= 0.6 is 0 Å². The second-order valence-corrected chi connectivity index (χ2v) is 11.0. The van der Waals surface area contributed by atoms with Crippen molar-refractivity contribution in [2.24, 2.45) is 0 Å². The van der Waals surface area contributed by atoms with Gasteiger partial charge in [-0.25, -0.2) is 13.6 Å². The smallest absolute Gasteiger partial charge is 0.412 e. The van der Waals surface area contributed by atoms with Crippen molar-refractivity contribution in [3.8, 4) is 45.2 Å². The van der Waals surface area contributed by atoms with Crippen LogP contribution in [0.25, 0.3) is 44.3 Å². The minimum atomic E-state index is -0.718. The third kappa shape index (κ3) is 6.66. The Hall–Kier alpha value is -5.33. The molecule has 0 aliphatic rings. The number of nitrogens with one attached hydrogen (secondary N) is 1. The molecule has 1 heterocycles. The fraction of sp³-hybridized carbons (Fsp3) is 0.171. The number of fused-ring (bicyclic) bond motifs is 1. The van der Waals surface area contributed by atoms with Gasteiger partial charge in [0, 0.05) is 47.1 Å². The lowest BCUT2D eigenvalue weighted by molar-refractivity contribution is 0.0513. The van der Waals surface area contributed by atoms with Gasteiger partial charge in [0.15, 0.2) is 6.79 Å². The molecule has 0 saturated carbocycles. The molecule has 7 nitrogen and oxygen atoms in total. The van der Waals surface area contributed by atoms with Crippen molar-refractivity contribution in [2.75, 3.05) is 19.2 Å². The summed E-state index contributed by atoms with van der Waals surface area (Å²) in [5.74, 6) is -1.07. The van der Waals surface area contributed by atoms with Crippen LogP contribution < -0.4 is 10.1 Å². The van der Waals surface area contributed by atoms with Crippen LogP contribution in [-0.4, -0.2) is 30.6 Å². The predicted octanol–water partition coefficient (Wildman–Crippen LogP) is 8.72. The molecule has 0 saturated heterocycles. The van der Waals surface area contributed by atoms with Crippen molar-refractivity contribution in [3.63, 3.8) is 0 Å². The van der Waals surface area contributed by atoms with Crippen LogP contribution in [0.5, 0.6) is 5.75 Å². The molecule has 9 heteroatoms. The first-order valence-corrected chi connectivity index (χ1v) is 13.7. The quantitative estimate of drug-likeness (QED) is 0.190. The maximum Gasteiger partial charge on any atom is 0.412 e. The number of hydrogen-bond donors (Lipinski definition) is 1. The SMILES string of the molecule is COCOc1c(C#N)cccc1-c1ccc2ncc(-c3cc(F)cc(F)c3)c(-c3ccc(NC(=O)OC(C)(C)C)cc3)c2c1. The fourth-order valence-electron chi connectivity index (χ4n) is 4.87. The van der Waals surface area contributed by atoms with Crippen molar-refractivity contribution >= 4 is 22.7 Å². The van der Waals surface area contributed by atoms with E-state index in [1.165, 1.54) is 19.2 Å². The topological polar surface area (TPSA) is 93.5 Å². The van der Waals surface area contributed by atoms with Gasteiger partial charge in [-0.1, -0.05) is 30.3 Å². The second-order valence-electron chi connectivity index (χ2n) is 11.0. The number of nitrogens with zero attached hydrogens (tertiary/aromatic N) is 2. The Balaban J connectivity index is 1.70. The number of hydrogen-bond acceptors (Lipinski definition) is 6. The molecule has 1 amide bonds. The largest absolute Gasteiger partial charge is 0.466 e. The van der Waals surface area contributed by atoms with Gasteiger partial charge in [0.1, 0.15) is 29.1 Å². The summed E-state index contributed by atoms with van der Waals surface area (Å²) in [7, 11) is 1.49. The fourth-order valence-corrected chi connectivity index (χ4v) is 4.87. The van der Waals surface area contributed by atoms with Gasteiger partial charge in [-0.2, -0.15) is 5.26 Å². The summed E-state index contributed by atoms with van der Waals surface area (Å²) in [6, 6.07) is 23.4. The maximum absolute atomic E-state index is 14.4. The Morgan fingerprint density at radius 1 is 0.909 bits per heavy atom. The molecule has 222 valence electrons.